The summed E-state index contributed by atoms with van der Waals surface area (Å²) in [5.74, 6) is 0. The van der Waals surface area contributed by atoms with Crippen molar-refractivity contribution < 1.29 is 0 Å². The molecular formula is C27H17N5. The molecule has 0 saturated carbocycles. The zero-order chi connectivity index (χ0) is 22.9. The van der Waals surface area contributed by atoms with Gasteiger partial charge in [0.1, 0.15) is 35.4 Å². The lowest BCUT2D eigenvalue weighted by Crippen LogP contribution is -2.09. The first-order chi connectivity index (χ1) is 15.6. The lowest BCUT2D eigenvalue weighted by Gasteiger charge is -2.26. The van der Waals surface area contributed by atoms with Crippen molar-refractivity contribution in [3.63, 3.8) is 0 Å². The number of rotatable bonds is 5. The minimum atomic E-state index is 0.0471. The molecule has 0 unspecified atom stereocenters. The number of allylic oxidation sites excluding steroid dienone is 2. The Morgan fingerprint density at radius 2 is 0.875 bits per heavy atom. The Hall–Kier alpha value is -5.10. The van der Waals surface area contributed by atoms with Crippen LogP contribution in [0, 0.1) is 52.2 Å². The van der Waals surface area contributed by atoms with Gasteiger partial charge in [-0.2, -0.15) is 21.0 Å². The van der Waals surface area contributed by atoms with Gasteiger partial charge >= 0.3 is 0 Å². The van der Waals surface area contributed by atoms with E-state index in [9.17, 15) is 0 Å². The van der Waals surface area contributed by atoms with E-state index < -0.39 is 0 Å². The molecule has 0 N–H and O–H groups in total. The van der Waals surface area contributed by atoms with Crippen LogP contribution in [0.3, 0.4) is 0 Å². The van der Waals surface area contributed by atoms with Crippen LogP contribution in [-0.4, -0.2) is 0 Å². The van der Waals surface area contributed by atoms with Crippen molar-refractivity contribution >= 4 is 29.2 Å². The Kier molecular flexibility index (Phi) is 6.81. The molecule has 0 spiro atoms. The molecule has 0 radical (unpaired) electrons. The first-order valence-electron chi connectivity index (χ1n) is 9.68. The summed E-state index contributed by atoms with van der Waals surface area (Å²) in [7, 11) is 0. The number of nitriles is 4. The van der Waals surface area contributed by atoms with E-state index >= 15 is 0 Å². The van der Waals surface area contributed by atoms with Crippen LogP contribution in [0.4, 0.5) is 17.1 Å². The predicted molar refractivity (Wildman–Crippen MR) is 124 cm³/mol. The van der Waals surface area contributed by atoms with Crippen molar-refractivity contribution in [3.05, 3.63) is 101 Å². The molecule has 3 aromatic carbocycles. The predicted octanol–water partition coefficient (Wildman–Crippen LogP) is 6.33. The summed E-state index contributed by atoms with van der Waals surface area (Å²) in [5, 5.41) is 35.9. The fourth-order valence-electron chi connectivity index (χ4n) is 3.09. The molecule has 5 nitrogen and oxygen atoms in total. The number of nitrogens with zero attached hydrogens (tertiary/aromatic N) is 5. The van der Waals surface area contributed by atoms with Gasteiger partial charge < -0.3 is 4.90 Å². The molecule has 3 rings (SSSR count). The Morgan fingerprint density at radius 1 is 0.562 bits per heavy atom. The van der Waals surface area contributed by atoms with Crippen LogP contribution in [0.2, 0.25) is 0 Å². The van der Waals surface area contributed by atoms with Crippen LogP contribution >= 0.6 is 0 Å². The topological polar surface area (TPSA) is 98.4 Å². The highest BCUT2D eigenvalue weighted by atomic mass is 15.1. The van der Waals surface area contributed by atoms with Gasteiger partial charge in [0.2, 0.25) is 0 Å². The van der Waals surface area contributed by atoms with Gasteiger partial charge in [-0.05, 0) is 66.6 Å². The van der Waals surface area contributed by atoms with Crippen LogP contribution < -0.4 is 4.90 Å². The maximum absolute atomic E-state index is 8.97. The minimum absolute atomic E-state index is 0.0471. The molecular weight excluding hydrogens is 394 g/mol. The van der Waals surface area contributed by atoms with Gasteiger partial charge in [-0.1, -0.05) is 42.0 Å². The maximum atomic E-state index is 8.97. The summed E-state index contributed by atoms with van der Waals surface area (Å²) in [5.41, 5.74) is 5.53. The van der Waals surface area contributed by atoms with Gasteiger partial charge in [0, 0.05) is 17.1 Å². The molecule has 0 fully saturated rings. The van der Waals surface area contributed by atoms with Crippen LogP contribution in [0.15, 0.2) is 83.9 Å². The number of hydrogen-bond acceptors (Lipinski definition) is 5. The largest absolute Gasteiger partial charge is 0.311 e. The SMILES string of the molecule is Cc1ccc(N(c2ccc(C=C(C#N)C#N)cc2)c2ccc(C=C(C#N)C#N)cc2)cc1. The van der Waals surface area contributed by atoms with E-state index in [4.69, 9.17) is 21.0 Å². The fraction of sp³-hybridized carbons (Fsp3) is 0.0370. The van der Waals surface area contributed by atoms with Gasteiger partial charge in [-0.15, -0.1) is 0 Å². The first-order valence-corrected chi connectivity index (χ1v) is 9.68. The van der Waals surface area contributed by atoms with E-state index in [0.717, 1.165) is 33.8 Å². The van der Waals surface area contributed by atoms with E-state index in [1.807, 2.05) is 104 Å². The fourth-order valence-corrected chi connectivity index (χ4v) is 3.09. The number of anilines is 3. The molecule has 0 aliphatic carbocycles. The monoisotopic (exact) mass is 411 g/mol. The lowest BCUT2D eigenvalue weighted by molar-refractivity contribution is 1.27. The molecule has 0 bridgehead atoms. The third-order valence-electron chi connectivity index (χ3n) is 4.70. The lowest BCUT2D eigenvalue weighted by atomic mass is 10.1. The van der Waals surface area contributed by atoms with Crippen molar-refractivity contribution in [3.8, 4) is 24.3 Å². The minimum Gasteiger partial charge on any atom is -0.311 e. The Labute approximate surface area is 187 Å². The highest BCUT2D eigenvalue weighted by molar-refractivity contribution is 5.78. The van der Waals surface area contributed by atoms with Crippen molar-refractivity contribution in [2.24, 2.45) is 0 Å². The normalized spacial score (nSPS) is 9.28. The van der Waals surface area contributed by atoms with E-state index in [-0.39, 0.29) is 11.1 Å². The molecule has 0 aromatic heterocycles. The second-order valence-corrected chi connectivity index (χ2v) is 6.92. The summed E-state index contributed by atoms with van der Waals surface area (Å²) in [4.78, 5) is 2.07. The first kappa shape index (κ1) is 21.6. The van der Waals surface area contributed by atoms with Gasteiger partial charge in [-0.25, -0.2) is 0 Å². The van der Waals surface area contributed by atoms with Gasteiger partial charge in [-0.3, -0.25) is 0 Å². The Bertz CT molecular complexity index is 1220. The molecule has 5 heteroatoms. The summed E-state index contributed by atoms with van der Waals surface area (Å²) in [6, 6.07) is 30.7. The van der Waals surface area contributed by atoms with Crippen molar-refractivity contribution in [1.29, 1.82) is 21.0 Å². The van der Waals surface area contributed by atoms with E-state index in [2.05, 4.69) is 4.90 Å². The summed E-state index contributed by atoms with van der Waals surface area (Å²) in [6.45, 7) is 2.03. The molecule has 0 atom stereocenters. The zero-order valence-corrected chi connectivity index (χ0v) is 17.3. The summed E-state index contributed by atoms with van der Waals surface area (Å²) < 4.78 is 0. The van der Waals surface area contributed by atoms with Crippen molar-refractivity contribution in [2.75, 3.05) is 4.90 Å². The quantitative estimate of drug-likeness (QED) is 0.457. The van der Waals surface area contributed by atoms with Crippen molar-refractivity contribution in [2.45, 2.75) is 6.92 Å². The average molecular weight is 411 g/mol. The van der Waals surface area contributed by atoms with Gasteiger partial charge in [0.15, 0.2) is 0 Å². The van der Waals surface area contributed by atoms with Crippen LogP contribution in [-0.2, 0) is 0 Å². The Morgan fingerprint density at radius 3 is 1.19 bits per heavy atom. The zero-order valence-electron chi connectivity index (χ0n) is 17.3. The summed E-state index contributed by atoms with van der Waals surface area (Å²) >= 11 is 0. The molecule has 0 aliphatic heterocycles. The third kappa shape index (κ3) is 5.08. The molecule has 0 amide bonds. The van der Waals surface area contributed by atoms with Gasteiger partial charge in [0.05, 0.1) is 0 Å². The number of aryl methyl sites for hydroxylation is 1. The molecule has 0 saturated heterocycles. The summed E-state index contributed by atoms with van der Waals surface area (Å²) in [6.07, 6.45) is 3.09. The van der Waals surface area contributed by atoms with Crippen LogP contribution in [0.25, 0.3) is 12.2 Å². The van der Waals surface area contributed by atoms with Crippen LogP contribution in [0.5, 0.6) is 0 Å². The second kappa shape index (κ2) is 10.1. The smallest absolute Gasteiger partial charge is 0.130 e. The van der Waals surface area contributed by atoms with Gasteiger partial charge in [0.25, 0.3) is 0 Å². The van der Waals surface area contributed by atoms with E-state index in [1.54, 1.807) is 12.2 Å². The van der Waals surface area contributed by atoms with E-state index in [0.29, 0.717) is 0 Å². The van der Waals surface area contributed by atoms with E-state index in [1.165, 1.54) is 0 Å². The molecule has 150 valence electrons. The highest BCUT2D eigenvalue weighted by Crippen LogP contribution is 2.35. The highest BCUT2D eigenvalue weighted by Gasteiger charge is 2.12. The Balaban J connectivity index is 2.04. The number of benzene rings is 3. The maximum Gasteiger partial charge on any atom is 0.130 e. The van der Waals surface area contributed by atoms with Crippen LogP contribution in [0.1, 0.15) is 16.7 Å². The standard InChI is InChI=1S/C27H17N5/c1-20-2-8-25(9-3-20)32(26-10-4-21(5-11-26)14-23(16-28)17-29)27-12-6-22(7-13-27)15-24(18-30)19-31/h2-15H,1H3. The third-order valence-corrected chi connectivity index (χ3v) is 4.70. The molecule has 0 aliphatic rings. The number of hydrogen-bond donors (Lipinski definition) is 0. The molecule has 3 aromatic rings. The second-order valence-electron chi connectivity index (χ2n) is 6.92. The molecule has 32 heavy (non-hydrogen) atoms. The molecule has 0 heterocycles. The average Bonchev–Trinajstić information content (AvgIpc) is 2.84. The van der Waals surface area contributed by atoms with Crippen molar-refractivity contribution in [1.82, 2.24) is 0 Å².